The molecule has 25 heavy (non-hydrogen) atoms. The average molecular weight is 368 g/mol. The molecule has 0 radical (unpaired) electrons. The van der Waals surface area contributed by atoms with E-state index in [-0.39, 0.29) is 11.0 Å². The zero-order chi connectivity index (χ0) is 18.2. The lowest BCUT2D eigenvalue weighted by Crippen LogP contribution is -2.12. The second-order valence-corrected chi connectivity index (χ2v) is 8.87. The summed E-state index contributed by atoms with van der Waals surface area (Å²) in [7, 11) is 0. The number of aryl methyl sites for hydroxylation is 1. The molecule has 0 atom stereocenters. The maximum Gasteiger partial charge on any atom is 0.142 e. The first-order valence-electron chi connectivity index (χ1n) is 8.10. The lowest BCUT2D eigenvalue weighted by atomic mass is 9.89. The van der Waals surface area contributed by atoms with E-state index in [0.29, 0.717) is 11.1 Å². The predicted octanol–water partition coefficient (Wildman–Crippen LogP) is 6.37. The fraction of sp³-hybridized carbons (Fsp3) is 0.286. The van der Waals surface area contributed by atoms with E-state index in [9.17, 15) is 4.39 Å². The Morgan fingerprint density at radius 3 is 2.40 bits per heavy atom. The van der Waals surface area contributed by atoms with Crippen LogP contribution in [0.15, 0.2) is 24.3 Å². The number of hydrogen-bond acceptors (Lipinski definition) is 3. The highest BCUT2D eigenvalue weighted by Gasteiger charge is 2.21. The molecule has 0 bridgehead atoms. The molecule has 126 valence electrons. The monoisotopic (exact) mass is 367 g/mol. The third-order valence-electron chi connectivity index (χ3n) is 4.49. The largest absolute Gasteiger partial charge is 0.205 e. The van der Waals surface area contributed by atoms with Crippen molar-refractivity contribution in [1.29, 1.82) is 5.26 Å². The van der Waals surface area contributed by atoms with Crippen LogP contribution in [0, 0.1) is 35.9 Å². The highest BCUT2D eigenvalue weighted by molar-refractivity contribution is 7.28. The Hall–Kier alpha value is -2.14. The summed E-state index contributed by atoms with van der Waals surface area (Å²) in [4.78, 5) is 2.38. The molecule has 0 unspecified atom stereocenters. The van der Waals surface area contributed by atoms with E-state index in [1.165, 1.54) is 20.3 Å². The third kappa shape index (κ3) is 3.47. The van der Waals surface area contributed by atoms with Crippen LogP contribution in [0.4, 0.5) is 4.39 Å². The molecule has 2 aromatic heterocycles. The van der Waals surface area contributed by atoms with E-state index >= 15 is 0 Å². The molecule has 0 spiro atoms. The van der Waals surface area contributed by atoms with Crippen molar-refractivity contribution in [2.45, 2.75) is 39.5 Å². The van der Waals surface area contributed by atoms with Gasteiger partial charge >= 0.3 is 0 Å². The Labute approximate surface area is 155 Å². The molecule has 0 fully saturated rings. The van der Waals surface area contributed by atoms with Gasteiger partial charge in [0.1, 0.15) is 11.9 Å². The molecule has 1 aromatic carbocycles. The number of nitrogens with zero attached hydrogens (tertiary/aromatic N) is 1. The molecule has 0 saturated carbocycles. The van der Waals surface area contributed by atoms with Crippen LogP contribution in [0.1, 0.15) is 53.6 Å². The molecule has 3 rings (SSSR count). The number of nitriles is 1. The topological polar surface area (TPSA) is 23.8 Å². The Kier molecular flexibility index (Phi) is 4.69. The summed E-state index contributed by atoms with van der Waals surface area (Å²) in [5.41, 5.74) is 1.50. The fourth-order valence-electron chi connectivity index (χ4n) is 2.50. The molecule has 1 nitrogen and oxygen atoms in total. The van der Waals surface area contributed by atoms with E-state index in [2.05, 4.69) is 44.7 Å². The summed E-state index contributed by atoms with van der Waals surface area (Å²) >= 11 is 3.50. The van der Waals surface area contributed by atoms with Gasteiger partial charge in [-0.25, -0.2) is 4.39 Å². The van der Waals surface area contributed by atoms with Gasteiger partial charge in [-0.1, -0.05) is 32.6 Å². The average Bonchev–Trinajstić information content (AvgIpc) is 3.11. The molecule has 0 saturated heterocycles. The number of benzene rings is 1. The molecular weight excluding hydrogens is 349 g/mol. The van der Waals surface area contributed by atoms with Gasteiger partial charge in [0.15, 0.2) is 0 Å². The summed E-state index contributed by atoms with van der Waals surface area (Å²) in [5, 5.41) is 8.93. The maximum atomic E-state index is 13.9. The van der Waals surface area contributed by atoms with Gasteiger partial charge in [0.25, 0.3) is 0 Å². The minimum Gasteiger partial charge on any atom is -0.205 e. The molecule has 4 heteroatoms. The zero-order valence-electron chi connectivity index (χ0n) is 14.7. The fourth-order valence-corrected chi connectivity index (χ4v) is 4.92. The number of halogens is 1. The first-order chi connectivity index (χ1) is 11.8. The van der Waals surface area contributed by atoms with Crippen LogP contribution < -0.4 is 0 Å². The van der Waals surface area contributed by atoms with Crippen LogP contribution in [-0.4, -0.2) is 0 Å². The van der Waals surface area contributed by atoms with Crippen LogP contribution >= 0.6 is 22.7 Å². The van der Waals surface area contributed by atoms with Gasteiger partial charge in [-0.3, -0.25) is 0 Å². The second kappa shape index (κ2) is 6.64. The SMILES string of the molecule is CCC(C)(C)c1cc2sc(C#Cc3cc(C)c(C#N)c(F)c3)cc2s1. The third-order valence-corrected chi connectivity index (χ3v) is 7.06. The minimum absolute atomic E-state index is 0.0910. The lowest BCUT2D eigenvalue weighted by Gasteiger charge is -2.20. The van der Waals surface area contributed by atoms with Crippen LogP contribution in [0.2, 0.25) is 0 Å². The van der Waals surface area contributed by atoms with Crippen LogP contribution in [0.3, 0.4) is 0 Å². The minimum atomic E-state index is -0.509. The quantitative estimate of drug-likeness (QED) is 0.483. The molecule has 3 aromatic rings. The standard InChI is InChI=1S/C21H18FNS2/c1-5-21(3,4)20-11-19-18(25-20)10-15(24-19)7-6-14-8-13(2)16(12-23)17(22)9-14/h8-11H,5H2,1-4H3. The summed E-state index contributed by atoms with van der Waals surface area (Å²) < 4.78 is 16.4. The zero-order valence-corrected chi connectivity index (χ0v) is 16.3. The normalized spacial score (nSPS) is 11.2. The Bertz CT molecular complexity index is 997. The summed E-state index contributed by atoms with van der Waals surface area (Å²) in [6.45, 7) is 8.48. The summed E-state index contributed by atoms with van der Waals surface area (Å²) in [5.74, 6) is 5.63. The van der Waals surface area contributed by atoms with Gasteiger partial charge in [-0.05, 0) is 48.6 Å². The van der Waals surface area contributed by atoms with E-state index in [1.807, 2.05) is 17.4 Å². The van der Waals surface area contributed by atoms with E-state index in [1.54, 1.807) is 24.3 Å². The van der Waals surface area contributed by atoms with E-state index < -0.39 is 5.82 Å². The van der Waals surface area contributed by atoms with Crippen molar-refractivity contribution in [2.75, 3.05) is 0 Å². The van der Waals surface area contributed by atoms with Gasteiger partial charge in [0.05, 0.1) is 10.4 Å². The molecule has 0 amide bonds. The summed E-state index contributed by atoms with van der Waals surface area (Å²) in [6.07, 6.45) is 1.11. The molecule has 2 heterocycles. The predicted molar refractivity (Wildman–Crippen MR) is 105 cm³/mol. The van der Waals surface area contributed by atoms with Crippen LogP contribution in [0.25, 0.3) is 9.40 Å². The lowest BCUT2D eigenvalue weighted by molar-refractivity contribution is 0.517. The number of fused-ring (bicyclic) bond motifs is 1. The van der Waals surface area contributed by atoms with Gasteiger partial charge in [-0.2, -0.15) is 5.26 Å². The number of rotatable bonds is 2. The molecule has 0 aliphatic carbocycles. The first kappa shape index (κ1) is 17.7. The number of thiophene rings is 2. The smallest absolute Gasteiger partial charge is 0.142 e. The van der Waals surface area contributed by atoms with Crippen molar-refractivity contribution in [3.05, 3.63) is 56.5 Å². The van der Waals surface area contributed by atoms with Gasteiger partial charge in [-0.15, -0.1) is 22.7 Å². The van der Waals surface area contributed by atoms with Gasteiger partial charge in [0.2, 0.25) is 0 Å². The number of hydrogen-bond donors (Lipinski definition) is 0. The van der Waals surface area contributed by atoms with Crippen molar-refractivity contribution < 1.29 is 4.39 Å². The second-order valence-electron chi connectivity index (χ2n) is 6.70. The molecular formula is C21H18FNS2. The van der Waals surface area contributed by atoms with Crippen molar-refractivity contribution in [2.24, 2.45) is 0 Å². The Morgan fingerprint density at radius 2 is 1.80 bits per heavy atom. The van der Waals surface area contributed by atoms with Crippen LogP contribution in [0.5, 0.6) is 0 Å². The van der Waals surface area contributed by atoms with Crippen molar-refractivity contribution in [3.8, 4) is 17.9 Å². The highest BCUT2D eigenvalue weighted by Crippen LogP contribution is 2.39. The van der Waals surface area contributed by atoms with E-state index in [4.69, 9.17) is 5.26 Å². The van der Waals surface area contributed by atoms with Crippen molar-refractivity contribution in [3.63, 3.8) is 0 Å². The molecule has 0 aliphatic rings. The Morgan fingerprint density at radius 1 is 1.08 bits per heavy atom. The summed E-state index contributed by atoms with van der Waals surface area (Å²) in [6, 6.07) is 9.35. The van der Waals surface area contributed by atoms with Crippen molar-refractivity contribution >= 4 is 32.1 Å². The maximum absolute atomic E-state index is 13.9. The van der Waals surface area contributed by atoms with E-state index in [0.717, 1.165) is 11.3 Å². The Balaban J connectivity index is 1.92. The van der Waals surface area contributed by atoms with Crippen molar-refractivity contribution in [1.82, 2.24) is 0 Å². The van der Waals surface area contributed by atoms with Gasteiger partial charge < -0.3 is 0 Å². The molecule has 0 N–H and O–H groups in total. The van der Waals surface area contributed by atoms with Crippen LogP contribution in [-0.2, 0) is 5.41 Å². The molecule has 0 aliphatic heterocycles. The first-order valence-corrected chi connectivity index (χ1v) is 9.73. The van der Waals surface area contributed by atoms with Gasteiger partial charge in [0, 0.05) is 19.8 Å². The highest BCUT2D eigenvalue weighted by atomic mass is 32.1.